The summed E-state index contributed by atoms with van der Waals surface area (Å²) in [5, 5.41) is 5.92. The Bertz CT molecular complexity index is 452. The summed E-state index contributed by atoms with van der Waals surface area (Å²) in [6.45, 7) is 10.1. The minimum Gasteiger partial charge on any atom is -0.494 e. The van der Waals surface area contributed by atoms with Crippen molar-refractivity contribution in [2.75, 3.05) is 26.2 Å². The second-order valence-corrected chi connectivity index (χ2v) is 5.77. The molecule has 1 saturated heterocycles. The summed E-state index contributed by atoms with van der Waals surface area (Å²) in [5.74, 6) is 0.115. The summed E-state index contributed by atoms with van der Waals surface area (Å²) >= 11 is 0. The number of likely N-dealkylation sites (N-methyl/N-ethyl adjacent to an activating group) is 1. The van der Waals surface area contributed by atoms with Crippen molar-refractivity contribution in [3.8, 4) is 0 Å². The van der Waals surface area contributed by atoms with Crippen molar-refractivity contribution in [1.29, 1.82) is 0 Å². The van der Waals surface area contributed by atoms with E-state index >= 15 is 0 Å². The number of carbonyl (C=O) groups excluding carboxylic acids is 1. The minimum absolute atomic E-state index is 0.0458. The fourth-order valence-corrected chi connectivity index (χ4v) is 2.53. The van der Waals surface area contributed by atoms with Gasteiger partial charge in [-0.15, -0.1) is 0 Å². The molecule has 0 radical (unpaired) electrons. The van der Waals surface area contributed by atoms with Crippen molar-refractivity contribution in [3.63, 3.8) is 0 Å². The molecule has 0 aromatic carbocycles. The quantitative estimate of drug-likeness (QED) is 0.296. The van der Waals surface area contributed by atoms with Gasteiger partial charge in [0, 0.05) is 18.2 Å². The fraction of sp³-hybridized carbons (Fsp3) is 0.611. The summed E-state index contributed by atoms with van der Waals surface area (Å²) in [7, 11) is 0. The van der Waals surface area contributed by atoms with Gasteiger partial charge in [0.25, 0.3) is 0 Å². The molecule has 1 amide bonds. The largest absolute Gasteiger partial charge is 0.494 e. The molecule has 0 spiro atoms. The van der Waals surface area contributed by atoms with Crippen LogP contribution in [0, 0.1) is 5.92 Å². The Balaban J connectivity index is 2.43. The topological polar surface area (TPSA) is 50.4 Å². The predicted molar refractivity (Wildman–Crippen MR) is 91.6 cm³/mol. The van der Waals surface area contributed by atoms with Crippen LogP contribution in [0.1, 0.15) is 39.5 Å². The second-order valence-electron chi connectivity index (χ2n) is 5.77. The zero-order valence-corrected chi connectivity index (χ0v) is 14.3. The number of carbonyl (C=O) groups is 1. The molecule has 23 heavy (non-hydrogen) atoms. The molecule has 0 atom stereocenters. The maximum Gasteiger partial charge on any atom is 0.249 e. The van der Waals surface area contributed by atoms with E-state index in [9.17, 15) is 9.18 Å². The lowest BCUT2D eigenvalue weighted by Crippen LogP contribution is -2.27. The van der Waals surface area contributed by atoms with Gasteiger partial charge in [-0.25, -0.2) is 4.39 Å². The molecular weight excluding hydrogens is 295 g/mol. The van der Waals surface area contributed by atoms with E-state index in [2.05, 4.69) is 17.2 Å². The number of ether oxygens (including phenoxy) is 1. The molecule has 1 fully saturated rings. The zero-order valence-electron chi connectivity index (χ0n) is 14.3. The number of hydrogen-bond acceptors (Lipinski definition) is 3. The van der Waals surface area contributed by atoms with Gasteiger partial charge in [-0.2, -0.15) is 0 Å². The number of rotatable bonds is 9. The van der Waals surface area contributed by atoms with Gasteiger partial charge >= 0.3 is 0 Å². The lowest BCUT2D eigenvalue weighted by atomic mass is 9.93. The van der Waals surface area contributed by atoms with Gasteiger partial charge in [0.15, 0.2) is 0 Å². The van der Waals surface area contributed by atoms with E-state index in [-0.39, 0.29) is 5.57 Å². The van der Waals surface area contributed by atoms with E-state index in [1.54, 1.807) is 6.92 Å². The number of piperidine rings is 1. The molecule has 0 aromatic rings. The number of halogens is 1. The van der Waals surface area contributed by atoms with Crippen LogP contribution in [0.4, 0.5) is 4.39 Å². The van der Waals surface area contributed by atoms with Gasteiger partial charge in [-0.3, -0.25) is 4.79 Å². The smallest absolute Gasteiger partial charge is 0.249 e. The zero-order chi connectivity index (χ0) is 17.1. The molecule has 1 heterocycles. The highest BCUT2D eigenvalue weighted by Gasteiger charge is 2.12. The first-order chi connectivity index (χ1) is 11.1. The van der Waals surface area contributed by atoms with E-state index < -0.39 is 11.7 Å². The van der Waals surface area contributed by atoms with E-state index in [0.29, 0.717) is 18.9 Å². The van der Waals surface area contributed by atoms with Crippen molar-refractivity contribution < 1.29 is 13.9 Å². The van der Waals surface area contributed by atoms with E-state index in [1.165, 1.54) is 31.9 Å². The minimum atomic E-state index is -0.593. The summed E-state index contributed by atoms with van der Waals surface area (Å²) in [5.41, 5.74) is 0.0458. The van der Waals surface area contributed by atoms with Crippen LogP contribution >= 0.6 is 0 Å². The first kappa shape index (κ1) is 19.4. The lowest BCUT2D eigenvalue weighted by Gasteiger charge is -2.22. The number of hydrogen-bond donors (Lipinski definition) is 2. The Morgan fingerprint density at radius 1 is 1.43 bits per heavy atom. The monoisotopic (exact) mass is 324 g/mol. The molecule has 4 nitrogen and oxygen atoms in total. The van der Waals surface area contributed by atoms with Gasteiger partial charge in [-0.05, 0) is 64.6 Å². The van der Waals surface area contributed by atoms with Crippen LogP contribution in [-0.4, -0.2) is 32.1 Å². The molecule has 0 aromatic heterocycles. The molecule has 1 aliphatic rings. The van der Waals surface area contributed by atoms with Crippen molar-refractivity contribution in [2.45, 2.75) is 39.5 Å². The van der Waals surface area contributed by atoms with Gasteiger partial charge in [-0.1, -0.05) is 6.58 Å². The number of amides is 1. The third-order valence-corrected chi connectivity index (χ3v) is 3.99. The maximum atomic E-state index is 14.0. The third kappa shape index (κ3) is 7.46. The lowest BCUT2D eigenvalue weighted by molar-refractivity contribution is -0.117. The molecule has 5 heteroatoms. The van der Waals surface area contributed by atoms with E-state index in [1.807, 2.05) is 0 Å². The Kier molecular flexibility index (Phi) is 9.29. The summed E-state index contributed by atoms with van der Waals surface area (Å²) < 4.78 is 19.6. The Morgan fingerprint density at radius 3 is 2.74 bits per heavy atom. The SMILES string of the molecule is C=C/C(=C\C(F)=C(/C)C(=O)NCC)OCCCC1CCNCC1. The van der Waals surface area contributed by atoms with Crippen LogP contribution in [-0.2, 0) is 9.53 Å². The highest BCUT2D eigenvalue weighted by Crippen LogP contribution is 2.18. The van der Waals surface area contributed by atoms with Crippen LogP contribution < -0.4 is 10.6 Å². The molecule has 0 aliphatic carbocycles. The summed E-state index contributed by atoms with van der Waals surface area (Å²) in [6, 6.07) is 0. The van der Waals surface area contributed by atoms with Gasteiger partial charge < -0.3 is 15.4 Å². The van der Waals surface area contributed by atoms with Crippen molar-refractivity contribution in [3.05, 3.63) is 35.9 Å². The van der Waals surface area contributed by atoms with Crippen LogP contribution in [0.2, 0.25) is 0 Å². The average molecular weight is 324 g/mol. The summed E-state index contributed by atoms with van der Waals surface area (Å²) in [4.78, 5) is 11.6. The molecule has 130 valence electrons. The second kappa shape index (κ2) is 11.0. The van der Waals surface area contributed by atoms with Gasteiger partial charge in [0.2, 0.25) is 5.91 Å². The molecule has 0 bridgehead atoms. The number of allylic oxidation sites excluding steroid dienone is 3. The molecule has 1 aliphatic heterocycles. The molecule has 2 N–H and O–H groups in total. The highest BCUT2D eigenvalue weighted by molar-refractivity contribution is 5.93. The van der Waals surface area contributed by atoms with Crippen molar-refractivity contribution in [2.24, 2.45) is 5.92 Å². The molecule has 1 rings (SSSR count). The molecule has 0 unspecified atom stereocenters. The first-order valence-electron chi connectivity index (χ1n) is 8.40. The molecule has 0 saturated carbocycles. The maximum absolute atomic E-state index is 14.0. The Morgan fingerprint density at radius 2 is 2.13 bits per heavy atom. The van der Waals surface area contributed by atoms with Crippen molar-refractivity contribution in [1.82, 2.24) is 10.6 Å². The van der Waals surface area contributed by atoms with Crippen molar-refractivity contribution >= 4 is 5.91 Å². The third-order valence-electron chi connectivity index (χ3n) is 3.99. The van der Waals surface area contributed by atoms with E-state index in [4.69, 9.17) is 4.74 Å². The normalized spacial score (nSPS) is 17.4. The van der Waals surface area contributed by atoms with E-state index in [0.717, 1.165) is 31.8 Å². The van der Waals surface area contributed by atoms with Crippen LogP contribution in [0.5, 0.6) is 0 Å². The predicted octanol–water partition coefficient (Wildman–Crippen LogP) is 3.23. The van der Waals surface area contributed by atoms with Gasteiger partial charge in [0.1, 0.15) is 11.6 Å². The standard InChI is InChI=1S/C18H29FN2O2/c1-4-16(13-17(19)14(3)18(22)21-5-2)23-12-6-7-15-8-10-20-11-9-15/h4,13,15,20H,1,5-12H2,2-3H3,(H,21,22)/b16-13+,17-14-. The summed E-state index contributed by atoms with van der Waals surface area (Å²) in [6.07, 6.45) is 7.19. The highest BCUT2D eigenvalue weighted by atomic mass is 19.1. The van der Waals surface area contributed by atoms with Crippen LogP contribution in [0.15, 0.2) is 35.9 Å². The number of nitrogens with one attached hydrogen (secondary N) is 2. The Hall–Kier alpha value is -1.62. The first-order valence-corrected chi connectivity index (χ1v) is 8.40. The fourth-order valence-electron chi connectivity index (χ4n) is 2.53. The van der Waals surface area contributed by atoms with Crippen LogP contribution in [0.3, 0.4) is 0 Å². The molecular formula is C18H29FN2O2. The average Bonchev–Trinajstić information content (AvgIpc) is 2.57. The van der Waals surface area contributed by atoms with Gasteiger partial charge in [0.05, 0.1) is 6.61 Å². The van der Waals surface area contributed by atoms with Crippen LogP contribution in [0.25, 0.3) is 0 Å². The Labute approximate surface area is 138 Å².